The lowest BCUT2D eigenvalue weighted by Crippen LogP contribution is -2.44. The molecule has 37 heavy (non-hydrogen) atoms. The van der Waals surface area contributed by atoms with Crippen LogP contribution in [0.2, 0.25) is 0 Å². The van der Waals surface area contributed by atoms with Crippen molar-refractivity contribution >= 4 is 53.4 Å². The topological polar surface area (TPSA) is 66.9 Å². The molecular formula is C27H39Cl2FN2O4S. The van der Waals surface area contributed by atoms with Crippen LogP contribution in [0.15, 0.2) is 35.9 Å². The van der Waals surface area contributed by atoms with Crippen LogP contribution in [-0.2, 0) is 19.1 Å². The molecule has 0 aromatic heterocycles. The van der Waals surface area contributed by atoms with E-state index in [1.807, 2.05) is 18.7 Å². The first-order chi connectivity index (χ1) is 16.7. The van der Waals surface area contributed by atoms with Crippen molar-refractivity contribution in [1.82, 2.24) is 9.80 Å². The average Bonchev–Trinajstić information content (AvgIpc) is 3.64. The maximum absolute atomic E-state index is 14.8. The van der Waals surface area contributed by atoms with E-state index in [0.29, 0.717) is 38.2 Å². The Morgan fingerprint density at radius 2 is 1.86 bits per heavy atom. The Labute approximate surface area is 236 Å². The Morgan fingerprint density at radius 1 is 1.19 bits per heavy atom. The highest BCUT2D eigenvalue weighted by Crippen LogP contribution is 2.40. The predicted molar refractivity (Wildman–Crippen MR) is 151 cm³/mol. The number of ketones is 1. The van der Waals surface area contributed by atoms with E-state index in [2.05, 4.69) is 11.0 Å². The molecule has 0 bridgehead atoms. The van der Waals surface area contributed by atoms with Gasteiger partial charge in [0.15, 0.2) is 10.9 Å². The van der Waals surface area contributed by atoms with E-state index >= 15 is 0 Å². The molecule has 6 nitrogen and oxygen atoms in total. The number of ether oxygens (including phenoxy) is 1. The minimum absolute atomic E-state index is 0. The first-order valence-corrected chi connectivity index (χ1v) is 13.4. The fraction of sp³-hybridized carbons (Fsp3) is 0.593. The summed E-state index contributed by atoms with van der Waals surface area (Å²) in [4.78, 5) is 41.4. The van der Waals surface area contributed by atoms with Gasteiger partial charge in [0, 0.05) is 49.3 Å². The number of rotatable bonds is 11. The Hall–Kier alpha value is -1.45. The third kappa shape index (κ3) is 9.66. The van der Waals surface area contributed by atoms with Crippen LogP contribution in [0.25, 0.3) is 0 Å². The second-order valence-electron chi connectivity index (χ2n) is 9.57. The van der Waals surface area contributed by atoms with E-state index in [-0.39, 0.29) is 71.3 Å². The van der Waals surface area contributed by atoms with Crippen LogP contribution in [0.3, 0.4) is 0 Å². The molecule has 208 valence electrons. The molecule has 0 spiro atoms. The highest BCUT2D eigenvalue weighted by molar-refractivity contribution is 8.14. The van der Waals surface area contributed by atoms with Crippen molar-refractivity contribution < 1.29 is 23.5 Å². The zero-order valence-electron chi connectivity index (χ0n) is 22.0. The van der Waals surface area contributed by atoms with Crippen molar-refractivity contribution in [2.24, 2.45) is 5.92 Å². The van der Waals surface area contributed by atoms with Gasteiger partial charge in [-0.3, -0.25) is 24.2 Å². The van der Waals surface area contributed by atoms with E-state index in [1.165, 1.54) is 17.8 Å². The first-order valence-electron chi connectivity index (χ1n) is 12.5. The quantitative estimate of drug-likeness (QED) is 0.263. The molecule has 2 atom stereocenters. The summed E-state index contributed by atoms with van der Waals surface area (Å²) in [6.07, 6.45) is 4.49. The molecule has 2 unspecified atom stereocenters. The number of hydrogen-bond donors (Lipinski definition) is 0. The normalized spacial score (nSPS) is 19.8. The monoisotopic (exact) mass is 576 g/mol. The Kier molecular flexibility index (Phi) is 14.4. The van der Waals surface area contributed by atoms with Crippen molar-refractivity contribution in [2.45, 2.75) is 64.3 Å². The number of thioether (sulfide) groups is 1. The van der Waals surface area contributed by atoms with Crippen molar-refractivity contribution in [3.8, 4) is 0 Å². The summed E-state index contributed by atoms with van der Waals surface area (Å²) >= 11 is 1.30. The third-order valence-electron chi connectivity index (χ3n) is 6.56. The lowest BCUT2D eigenvalue weighted by molar-refractivity contribution is -0.144. The van der Waals surface area contributed by atoms with Crippen LogP contribution in [0.4, 0.5) is 4.39 Å². The zero-order chi connectivity index (χ0) is 25.5. The number of esters is 1. The summed E-state index contributed by atoms with van der Waals surface area (Å²) in [5.41, 5.74) is 1.46. The molecule has 1 aliphatic carbocycles. The first kappa shape index (κ1) is 33.6. The molecule has 0 radical (unpaired) electrons. The molecule has 1 saturated carbocycles. The molecule has 0 N–H and O–H groups in total. The van der Waals surface area contributed by atoms with E-state index < -0.39 is 6.04 Å². The lowest BCUT2D eigenvalue weighted by Gasteiger charge is -2.39. The van der Waals surface area contributed by atoms with Crippen LogP contribution in [0.1, 0.15) is 58.6 Å². The number of carbonyl (C=O) groups excluding carboxylic acids is 3. The minimum atomic E-state index is -0.629. The number of Topliss-reactive ketones (excluding diaryl/α,β-unsaturated/α-hetero) is 1. The van der Waals surface area contributed by atoms with Crippen molar-refractivity contribution in [3.05, 3.63) is 47.3 Å². The van der Waals surface area contributed by atoms with Crippen molar-refractivity contribution in [3.63, 3.8) is 0 Å². The lowest BCUT2D eigenvalue weighted by atomic mass is 9.93. The summed E-state index contributed by atoms with van der Waals surface area (Å²) in [5, 5.41) is 0.0407. The number of benzene rings is 1. The molecule has 2 aliphatic rings. The number of likely N-dealkylation sites (tertiary alicyclic amines) is 1. The van der Waals surface area contributed by atoms with E-state index in [0.717, 1.165) is 18.4 Å². The summed E-state index contributed by atoms with van der Waals surface area (Å²) in [6, 6.07) is 6.03. The van der Waals surface area contributed by atoms with Crippen molar-refractivity contribution in [2.75, 3.05) is 32.8 Å². The standard InChI is InChI=1S/C27H37FN2O4S.2ClH/c1-5-34-25(32)17-29(18(2)3)14-12-21-16-30(15-13-24(21)35-19(4)31)26(27(33)20-10-11-20)22-8-6-7-9-23(22)28;;/h6-9,12,18,20,24,26H,5,10-11,13-17H2,1-4H3;2*1H. The van der Waals surface area contributed by atoms with Gasteiger partial charge in [0.2, 0.25) is 0 Å². The van der Waals surface area contributed by atoms with Crippen molar-refractivity contribution in [1.29, 1.82) is 0 Å². The van der Waals surface area contributed by atoms with Gasteiger partial charge < -0.3 is 4.74 Å². The highest BCUT2D eigenvalue weighted by atomic mass is 35.5. The van der Waals surface area contributed by atoms with Crippen LogP contribution >= 0.6 is 36.6 Å². The smallest absolute Gasteiger partial charge is 0.320 e. The maximum atomic E-state index is 14.8. The van der Waals surface area contributed by atoms with Gasteiger partial charge in [-0.2, -0.15) is 0 Å². The summed E-state index contributed by atoms with van der Waals surface area (Å²) in [7, 11) is 0. The van der Waals surface area contributed by atoms with E-state index in [4.69, 9.17) is 4.74 Å². The molecule has 10 heteroatoms. The largest absolute Gasteiger partial charge is 0.465 e. The Bertz CT molecular complexity index is 958. The van der Waals surface area contributed by atoms with Crippen LogP contribution < -0.4 is 0 Å². The van der Waals surface area contributed by atoms with Gasteiger partial charge >= 0.3 is 5.97 Å². The summed E-state index contributed by atoms with van der Waals surface area (Å²) in [6.45, 7) is 9.53. The number of nitrogens with zero attached hydrogens (tertiary/aromatic N) is 2. The van der Waals surface area contributed by atoms with Crippen LogP contribution in [-0.4, -0.2) is 70.7 Å². The van der Waals surface area contributed by atoms with Gasteiger partial charge in [-0.25, -0.2) is 4.39 Å². The molecule has 1 saturated heterocycles. The molecule has 1 heterocycles. The molecule has 0 amide bonds. The zero-order valence-corrected chi connectivity index (χ0v) is 24.4. The van der Waals surface area contributed by atoms with Gasteiger partial charge in [-0.05, 0) is 51.7 Å². The fourth-order valence-corrected chi connectivity index (χ4v) is 5.46. The molecule has 3 rings (SSSR count). The highest BCUT2D eigenvalue weighted by Gasteiger charge is 2.41. The fourth-order valence-electron chi connectivity index (χ4n) is 4.52. The second kappa shape index (κ2) is 15.8. The number of halogens is 3. The molecule has 1 aromatic rings. The predicted octanol–water partition coefficient (Wildman–Crippen LogP) is 5.24. The van der Waals surface area contributed by atoms with Gasteiger partial charge in [0.05, 0.1) is 19.2 Å². The van der Waals surface area contributed by atoms with E-state index in [1.54, 1.807) is 32.0 Å². The van der Waals surface area contributed by atoms with Gasteiger partial charge in [0.1, 0.15) is 5.82 Å². The van der Waals surface area contributed by atoms with Crippen LogP contribution in [0.5, 0.6) is 0 Å². The molecule has 1 aliphatic heterocycles. The minimum Gasteiger partial charge on any atom is -0.465 e. The third-order valence-corrected chi connectivity index (χ3v) is 7.71. The Balaban J connectivity index is 0.00000342. The summed E-state index contributed by atoms with van der Waals surface area (Å²) in [5.74, 6) is -0.553. The van der Waals surface area contributed by atoms with Gasteiger partial charge in [-0.15, -0.1) is 24.8 Å². The Morgan fingerprint density at radius 3 is 2.43 bits per heavy atom. The second-order valence-corrected chi connectivity index (χ2v) is 10.9. The SMILES string of the molecule is CCOC(=O)CN(CC=C1CN(C(C(=O)C2CC2)c2ccccc2F)CCC1SC(C)=O)C(C)C.Cl.Cl. The van der Waals surface area contributed by atoms with Crippen LogP contribution in [0, 0.1) is 11.7 Å². The molecule has 2 fully saturated rings. The maximum Gasteiger partial charge on any atom is 0.320 e. The van der Waals surface area contributed by atoms with Gasteiger partial charge in [0.25, 0.3) is 0 Å². The number of carbonyl (C=O) groups is 3. The number of piperidine rings is 1. The van der Waals surface area contributed by atoms with E-state index in [9.17, 15) is 18.8 Å². The summed E-state index contributed by atoms with van der Waals surface area (Å²) < 4.78 is 19.9. The van der Waals surface area contributed by atoms with Gasteiger partial charge in [-0.1, -0.05) is 36.0 Å². The number of hydrogen-bond acceptors (Lipinski definition) is 7. The molecular weight excluding hydrogens is 538 g/mol. The molecule has 1 aromatic carbocycles. The average molecular weight is 578 g/mol.